The van der Waals surface area contributed by atoms with Crippen LogP contribution in [-0.4, -0.2) is 11.9 Å². The Morgan fingerprint density at radius 2 is 1.90 bits per heavy atom. The normalized spacial score (nSPS) is 9.40. The fourth-order valence-electron chi connectivity index (χ4n) is 0.709. The number of hydrogen-bond acceptors (Lipinski definition) is 2. The van der Waals surface area contributed by atoms with E-state index < -0.39 is 0 Å². The molecule has 0 atom stereocenters. The highest BCUT2D eigenvalue weighted by Gasteiger charge is 1.88. The molecule has 0 aromatic heterocycles. The molecule has 0 radical (unpaired) electrons. The van der Waals surface area contributed by atoms with E-state index in [9.17, 15) is 0 Å². The lowest BCUT2D eigenvalue weighted by Gasteiger charge is -2.00. The van der Waals surface area contributed by atoms with Gasteiger partial charge in [0.2, 0.25) is 0 Å². The standard InChI is InChI=1S/C8H10O2/c1-7-2-4-8(5-3-7)10-6-9/h2-5,9H,6H2,1H3. The van der Waals surface area contributed by atoms with Gasteiger partial charge in [0.05, 0.1) is 0 Å². The minimum Gasteiger partial charge on any atom is -0.468 e. The van der Waals surface area contributed by atoms with Crippen LogP contribution in [0, 0.1) is 6.92 Å². The first-order valence-corrected chi connectivity index (χ1v) is 3.13. The van der Waals surface area contributed by atoms with Gasteiger partial charge in [0.1, 0.15) is 5.75 Å². The van der Waals surface area contributed by atoms with E-state index in [-0.39, 0.29) is 6.79 Å². The molecule has 0 aliphatic rings. The summed E-state index contributed by atoms with van der Waals surface area (Å²) < 4.78 is 4.82. The van der Waals surface area contributed by atoms with Gasteiger partial charge in [0.25, 0.3) is 0 Å². The summed E-state index contributed by atoms with van der Waals surface area (Å²) in [5.74, 6) is 0.702. The Morgan fingerprint density at radius 3 is 2.40 bits per heavy atom. The summed E-state index contributed by atoms with van der Waals surface area (Å²) in [4.78, 5) is 0. The molecule has 1 rings (SSSR count). The molecule has 0 unspecified atom stereocenters. The number of hydrogen-bond donors (Lipinski definition) is 1. The van der Waals surface area contributed by atoms with E-state index in [0.717, 1.165) is 0 Å². The Labute approximate surface area is 60.1 Å². The van der Waals surface area contributed by atoms with Crippen molar-refractivity contribution in [3.63, 3.8) is 0 Å². The third kappa shape index (κ3) is 1.74. The second-order valence-electron chi connectivity index (χ2n) is 2.09. The molecule has 0 spiro atoms. The van der Waals surface area contributed by atoms with Crippen LogP contribution >= 0.6 is 0 Å². The van der Waals surface area contributed by atoms with E-state index in [0.29, 0.717) is 5.75 Å². The van der Waals surface area contributed by atoms with Crippen molar-refractivity contribution in [1.29, 1.82) is 0 Å². The van der Waals surface area contributed by atoms with E-state index in [4.69, 9.17) is 9.84 Å². The highest BCUT2D eigenvalue weighted by molar-refractivity contribution is 5.25. The summed E-state index contributed by atoms with van der Waals surface area (Å²) in [5.41, 5.74) is 1.19. The molecule has 0 fully saturated rings. The molecule has 54 valence electrons. The van der Waals surface area contributed by atoms with Gasteiger partial charge in [-0.05, 0) is 19.1 Å². The average Bonchev–Trinajstić information content (AvgIpc) is 1.95. The van der Waals surface area contributed by atoms with Crippen molar-refractivity contribution in [2.45, 2.75) is 6.92 Å². The third-order valence-corrected chi connectivity index (χ3v) is 1.25. The molecule has 0 amide bonds. The number of aliphatic hydroxyl groups is 1. The summed E-state index contributed by atoms with van der Waals surface area (Å²) in [6.07, 6.45) is 0. The SMILES string of the molecule is Cc1ccc(OCO)cc1. The smallest absolute Gasteiger partial charge is 0.186 e. The lowest BCUT2D eigenvalue weighted by Crippen LogP contribution is -1.93. The van der Waals surface area contributed by atoms with Crippen molar-refractivity contribution in [2.75, 3.05) is 6.79 Å². The van der Waals surface area contributed by atoms with Crippen LogP contribution in [0.4, 0.5) is 0 Å². The first-order chi connectivity index (χ1) is 4.83. The number of benzene rings is 1. The minimum atomic E-state index is -0.261. The summed E-state index contributed by atoms with van der Waals surface area (Å²) in [7, 11) is 0. The zero-order chi connectivity index (χ0) is 7.40. The highest BCUT2D eigenvalue weighted by atomic mass is 16.6. The molecule has 1 aromatic rings. The van der Waals surface area contributed by atoms with Crippen molar-refractivity contribution in [1.82, 2.24) is 0 Å². The van der Waals surface area contributed by atoms with Crippen molar-refractivity contribution in [3.05, 3.63) is 29.8 Å². The number of aliphatic hydroxyl groups excluding tert-OH is 1. The monoisotopic (exact) mass is 138 g/mol. The predicted octanol–water partition coefficient (Wildman–Crippen LogP) is 1.32. The predicted molar refractivity (Wildman–Crippen MR) is 38.9 cm³/mol. The molecule has 0 aliphatic heterocycles. The van der Waals surface area contributed by atoms with Gasteiger partial charge in [0, 0.05) is 0 Å². The van der Waals surface area contributed by atoms with Gasteiger partial charge in [-0.1, -0.05) is 17.7 Å². The Balaban J connectivity index is 2.69. The Morgan fingerprint density at radius 1 is 1.30 bits per heavy atom. The van der Waals surface area contributed by atoms with Gasteiger partial charge in [-0.2, -0.15) is 0 Å². The van der Waals surface area contributed by atoms with E-state index in [1.165, 1.54) is 5.56 Å². The molecule has 2 heteroatoms. The zero-order valence-corrected chi connectivity index (χ0v) is 5.87. The Hall–Kier alpha value is -1.02. The number of aryl methyl sites for hydroxylation is 1. The van der Waals surface area contributed by atoms with Crippen LogP contribution in [0.3, 0.4) is 0 Å². The molecule has 1 aromatic carbocycles. The molecule has 0 bridgehead atoms. The van der Waals surface area contributed by atoms with Gasteiger partial charge in [-0.15, -0.1) is 0 Å². The first kappa shape index (κ1) is 7.09. The summed E-state index contributed by atoms with van der Waals surface area (Å²) in [6, 6.07) is 7.52. The average molecular weight is 138 g/mol. The molecular weight excluding hydrogens is 128 g/mol. The number of ether oxygens (including phenoxy) is 1. The largest absolute Gasteiger partial charge is 0.468 e. The summed E-state index contributed by atoms with van der Waals surface area (Å²) in [5, 5.41) is 8.37. The topological polar surface area (TPSA) is 29.5 Å². The van der Waals surface area contributed by atoms with Crippen molar-refractivity contribution in [2.24, 2.45) is 0 Å². The molecule has 0 heterocycles. The summed E-state index contributed by atoms with van der Waals surface area (Å²) in [6.45, 7) is 1.74. The fraction of sp³-hybridized carbons (Fsp3) is 0.250. The second-order valence-corrected chi connectivity index (χ2v) is 2.09. The van der Waals surface area contributed by atoms with Crippen LogP contribution in [0.1, 0.15) is 5.56 Å². The third-order valence-electron chi connectivity index (χ3n) is 1.25. The molecule has 10 heavy (non-hydrogen) atoms. The Bertz CT molecular complexity index is 191. The van der Waals surface area contributed by atoms with E-state index >= 15 is 0 Å². The lowest BCUT2D eigenvalue weighted by molar-refractivity contribution is 0.0985. The first-order valence-electron chi connectivity index (χ1n) is 3.13. The minimum absolute atomic E-state index is 0.261. The maximum Gasteiger partial charge on any atom is 0.186 e. The van der Waals surface area contributed by atoms with Gasteiger partial charge in [0.15, 0.2) is 6.79 Å². The molecular formula is C8H10O2. The fourth-order valence-corrected chi connectivity index (χ4v) is 0.709. The van der Waals surface area contributed by atoms with Crippen molar-refractivity contribution in [3.8, 4) is 5.75 Å². The van der Waals surface area contributed by atoms with Crippen LogP contribution in [0.15, 0.2) is 24.3 Å². The van der Waals surface area contributed by atoms with E-state index in [2.05, 4.69) is 0 Å². The van der Waals surface area contributed by atoms with Gasteiger partial charge in [-0.3, -0.25) is 0 Å². The maximum atomic E-state index is 8.37. The van der Waals surface area contributed by atoms with E-state index in [1.807, 2.05) is 31.2 Å². The van der Waals surface area contributed by atoms with Crippen molar-refractivity contribution < 1.29 is 9.84 Å². The molecule has 1 N–H and O–H groups in total. The second kappa shape index (κ2) is 3.22. The highest BCUT2D eigenvalue weighted by Crippen LogP contribution is 2.10. The van der Waals surface area contributed by atoms with Crippen LogP contribution in [0.2, 0.25) is 0 Å². The quantitative estimate of drug-likeness (QED) is 0.624. The molecule has 2 nitrogen and oxygen atoms in total. The summed E-state index contributed by atoms with van der Waals surface area (Å²) >= 11 is 0. The molecule has 0 aliphatic carbocycles. The Kier molecular flexibility index (Phi) is 2.29. The van der Waals surface area contributed by atoms with Gasteiger partial charge >= 0.3 is 0 Å². The van der Waals surface area contributed by atoms with Crippen LogP contribution in [0.25, 0.3) is 0 Å². The molecule has 0 saturated carbocycles. The number of rotatable bonds is 2. The molecule has 0 saturated heterocycles. The maximum absolute atomic E-state index is 8.37. The van der Waals surface area contributed by atoms with Crippen molar-refractivity contribution >= 4 is 0 Å². The van der Waals surface area contributed by atoms with E-state index in [1.54, 1.807) is 0 Å². The van der Waals surface area contributed by atoms with Crippen LogP contribution < -0.4 is 4.74 Å². The van der Waals surface area contributed by atoms with Gasteiger partial charge in [-0.25, -0.2) is 0 Å². The van der Waals surface area contributed by atoms with Gasteiger partial charge < -0.3 is 9.84 Å². The van der Waals surface area contributed by atoms with Crippen LogP contribution in [0.5, 0.6) is 5.75 Å². The lowest BCUT2D eigenvalue weighted by atomic mass is 10.2. The van der Waals surface area contributed by atoms with Crippen LogP contribution in [-0.2, 0) is 0 Å². The zero-order valence-electron chi connectivity index (χ0n) is 5.87.